The van der Waals surface area contributed by atoms with Crippen molar-refractivity contribution < 1.29 is 16.5 Å². The summed E-state index contributed by atoms with van der Waals surface area (Å²) in [6.45, 7) is 14.4. The molecule has 0 aromatic heterocycles. The Balaban J connectivity index is 0.000000240. The Kier molecular flexibility index (Phi) is 10.7. The van der Waals surface area contributed by atoms with Gasteiger partial charge in [0.05, 0.1) is 0 Å². The van der Waals surface area contributed by atoms with Crippen molar-refractivity contribution in [2.45, 2.75) is 39.3 Å². The van der Waals surface area contributed by atoms with E-state index in [1.54, 1.807) is 11.1 Å². The van der Waals surface area contributed by atoms with Crippen molar-refractivity contribution in [2.24, 2.45) is 0 Å². The molecular weight excluding hydrogens is 499 g/mol. The van der Waals surface area contributed by atoms with Gasteiger partial charge in [-0.2, -0.15) is 0 Å². The van der Waals surface area contributed by atoms with E-state index in [1.165, 1.54) is 22.3 Å². The van der Waals surface area contributed by atoms with Gasteiger partial charge in [-0.1, -0.05) is 112 Å². The van der Waals surface area contributed by atoms with Crippen LogP contribution in [-0.2, 0) is 16.5 Å². The van der Waals surface area contributed by atoms with E-state index < -0.39 is 16.1 Å². The van der Waals surface area contributed by atoms with Crippen molar-refractivity contribution in [3.63, 3.8) is 0 Å². The molecule has 0 heterocycles. The maximum atomic E-state index is 2.41. The minimum absolute atomic E-state index is 0. The molecule has 35 heavy (non-hydrogen) atoms. The molecule has 0 aliphatic heterocycles. The maximum absolute atomic E-state index is 2.41. The van der Waals surface area contributed by atoms with Crippen LogP contribution < -0.4 is 0 Å². The van der Waals surface area contributed by atoms with Crippen molar-refractivity contribution in [1.29, 1.82) is 0 Å². The zero-order valence-electron chi connectivity index (χ0n) is 21.9. The molecule has 4 aromatic carbocycles. The van der Waals surface area contributed by atoms with Crippen LogP contribution in [0.15, 0.2) is 121 Å². The van der Waals surface area contributed by atoms with Crippen molar-refractivity contribution in [3.8, 4) is 0 Å². The summed E-state index contributed by atoms with van der Waals surface area (Å²) >= 11 is 0. The summed E-state index contributed by atoms with van der Waals surface area (Å²) in [5.74, 6) is 0. The van der Waals surface area contributed by atoms with Crippen LogP contribution in [0.5, 0.6) is 0 Å². The fourth-order valence-corrected chi connectivity index (χ4v) is 8.62. The van der Waals surface area contributed by atoms with Crippen molar-refractivity contribution in [2.75, 3.05) is 0 Å². The van der Waals surface area contributed by atoms with Crippen molar-refractivity contribution in [3.05, 3.63) is 155 Å². The molecule has 4 aromatic rings. The molecule has 0 amide bonds. The third-order valence-corrected chi connectivity index (χ3v) is 9.90. The molecule has 0 fully saturated rings. The molecule has 0 N–H and O–H groups in total. The van der Waals surface area contributed by atoms with E-state index in [1.807, 2.05) is 0 Å². The fourth-order valence-electron chi connectivity index (χ4n) is 4.48. The molecule has 4 rings (SSSR count). The van der Waals surface area contributed by atoms with Gasteiger partial charge in [0.25, 0.3) is 0 Å². The number of hydrogen-bond donors (Lipinski definition) is 0. The van der Waals surface area contributed by atoms with Crippen LogP contribution in [0.25, 0.3) is 0 Å². The second-order valence-corrected chi connectivity index (χ2v) is 20.7. The SMILES string of the molecule is C[Si](C)(C)[C-](c1ccccc1)c1ccccc1.C[Si](C)(C)[C-](c1ccccc1)c1ccccc1.[Ni+2]. The molecule has 0 spiro atoms. The molecule has 0 saturated carbocycles. The Morgan fingerprint density at radius 1 is 0.343 bits per heavy atom. The van der Waals surface area contributed by atoms with Gasteiger partial charge >= 0.3 is 16.5 Å². The third-order valence-electron chi connectivity index (χ3n) is 5.75. The van der Waals surface area contributed by atoms with Crippen LogP contribution in [0, 0.1) is 11.1 Å². The maximum Gasteiger partial charge on any atom is 2.00 e. The van der Waals surface area contributed by atoms with E-state index in [0.717, 1.165) is 0 Å². The second-order valence-electron chi connectivity index (χ2n) is 10.7. The Morgan fingerprint density at radius 2 is 0.514 bits per heavy atom. The molecule has 0 saturated heterocycles. The first-order chi connectivity index (χ1) is 16.2. The Labute approximate surface area is 225 Å². The summed E-state index contributed by atoms with van der Waals surface area (Å²) < 4.78 is 0. The smallest absolute Gasteiger partial charge is 0.122 e. The second kappa shape index (κ2) is 13.0. The van der Waals surface area contributed by atoms with E-state index in [2.05, 4.69) is 161 Å². The van der Waals surface area contributed by atoms with E-state index in [-0.39, 0.29) is 16.5 Å². The van der Waals surface area contributed by atoms with E-state index >= 15 is 0 Å². The van der Waals surface area contributed by atoms with Gasteiger partial charge in [-0.3, -0.25) is 0 Å². The van der Waals surface area contributed by atoms with Gasteiger partial charge in [-0.05, 0) is 0 Å². The Hall–Kier alpha value is -2.45. The van der Waals surface area contributed by atoms with Crippen LogP contribution in [0.3, 0.4) is 0 Å². The Bertz CT molecular complexity index is 928. The largest absolute Gasteiger partial charge is 2.00 e. The van der Waals surface area contributed by atoms with Crippen LogP contribution in [0.4, 0.5) is 0 Å². The topological polar surface area (TPSA) is 0 Å². The fraction of sp³-hybridized carbons (Fsp3) is 0.188. The predicted molar refractivity (Wildman–Crippen MR) is 155 cm³/mol. The summed E-state index contributed by atoms with van der Waals surface area (Å²) in [5, 5.41) is 0. The van der Waals surface area contributed by atoms with Gasteiger partial charge in [0.15, 0.2) is 0 Å². The van der Waals surface area contributed by atoms with E-state index in [4.69, 9.17) is 0 Å². The first kappa shape index (κ1) is 28.8. The average molecular weight is 538 g/mol. The minimum atomic E-state index is -1.35. The molecule has 0 aliphatic rings. The summed E-state index contributed by atoms with van der Waals surface area (Å²) in [5.41, 5.74) is 8.57. The number of rotatable bonds is 6. The van der Waals surface area contributed by atoms with Gasteiger partial charge < -0.3 is 0 Å². The molecule has 3 heteroatoms. The average Bonchev–Trinajstić information content (AvgIpc) is 2.81. The number of hydrogen-bond acceptors (Lipinski definition) is 0. The van der Waals surface area contributed by atoms with Crippen molar-refractivity contribution >= 4 is 16.1 Å². The standard InChI is InChI=1S/2C16H19Si.Ni/c2*1-17(2,3)16(14-10-6-4-7-11-14)15-12-8-5-9-13-15;/h2*4-13H,1-3H3;/q2*-1;+2. The zero-order valence-corrected chi connectivity index (χ0v) is 24.9. The first-order valence-electron chi connectivity index (χ1n) is 12.1. The molecule has 0 bridgehead atoms. The van der Waals surface area contributed by atoms with Gasteiger partial charge in [0.2, 0.25) is 0 Å². The van der Waals surface area contributed by atoms with Crippen LogP contribution in [0.2, 0.25) is 39.3 Å². The quantitative estimate of drug-likeness (QED) is 0.170. The molecule has 0 nitrogen and oxygen atoms in total. The van der Waals surface area contributed by atoms with Crippen LogP contribution in [0.1, 0.15) is 22.3 Å². The van der Waals surface area contributed by atoms with E-state index in [0.29, 0.717) is 0 Å². The summed E-state index contributed by atoms with van der Waals surface area (Å²) in [6.07, 6.45) is 0. The van der Waals surface area contributed by atoms with E-state index in [9.17, 15) is 0 Å². The molecule has 0 aliphatic carbocycles. The molecule has 0 atom stereocenters. The Morgan fingerprint density at radius 3 is 0.657 bits per heavy atom. The van der Waals surface area contributed by atoms with Gasteiger partial charge in [0, 0.05) is 16.1 Å². The molecule has 184 valence electrons. The molecule has 0 unspecified atom stereocenters. The monoisotopic (exact) mass is 536 g/mol. The summed E-state index contributed by atoms with van der Waals surface area (Å²) in [6, 6.07) is 43.1. The van der Waals surface area contributed by atoms with Gasteiger partial charge in [-0.25, -0.2) is 0 Å². The van der Waals surface area contributed by atoms with Gasteiger partial charge in [0.1, 0.15) is 0 Å². The van der Waals surface area contributed by atoms with Crippen LogP contribution in [-0.4, -0.2) is 16.1 Å². The predicted octanol–water partition coefficient (Wildman–Crippen LogP) is 9.07. The first-order valence-corrected chi connectivity index (χ1v) is 19.1. The van der Waals surface area contributed by atoms with Crippen molar-refractivity contribution in [1.82, 2.24) is 0 Å². The van der Waals surface area contributed by atoms with Gasteiger partial charge in [-0.15, -0.1) is 81.9 Å². The normalized spacial score (nSPS) is 10.9. The summed E-state index contributed by atoms with van der Waals surface area (Å²) in [7, 11) is -2.70. The summed E-state index contributed by atoms with van der Waals surface area (Å²) in [4.78, 5) is 0. The van der Waals surface area contributed by atoms with Crippen LogP contribution >= 0.6 is 0 Å². The third kappa shape index (κ3) is 8.32. The number of benzene rings is 4. The molecule has 0 radical (unpaired) electrons. The minimum Gasteiger partial charge on any atom is -0.122 e. The molecular formula is C32H38NiSi2. The zero-order chi connectivity index (χ0) is 24.6.